The van der Waals surface area contributed by atoms with E-state index in [0.717, 1.165) is 22.9 Å². The highest BCUT2D eigenvalue weighted by atomic mass is 35.5. The van der Waals surface area contributed by atoms with Crippen molar-refractivity contribution in [2.24, 2.45) is 0 Å². The van der Waals surface area contributed by atoms with E-state index in [9.17, 15) is 18.8 Å². The van der Waals surface area contributed by atoms with Crippen LogP contribution in [0, 0.1) is 5.82 Å². The molecule has 1 aliphatic heterocycles. The lowest BCUT2D eigenvalue weighted by Crippen LogP contribution is -2.65. The maximum atomic E-state index is 14.4. The molecule has 10 heteroatoms. The SMILES string of the molecule is CNC(=O)c1cc(Cl)c(F)cc1NC(=O)C1(c2ccccc2C(C)C)CN(c2ccc(C(=O)OC)nc2)C1. The molecule has 38 heavy (non-hydrogen) atoms. The maximum Gasteiger partial charge on any atom is 0.356 e. The standard InChI is InChI=1S/C28H28ClFN4O4/c1-16(2)18-7-5-6-8-20(18)28(14-34(15-28)17-9-10-23(32-13-17)26(36)38-4)27(37)33-24-12-22(30)21(29)11-19(24)25(35)31-3/h5-13,16H,14-15H2,1-4H3,(H,31,35)(H,33,37). The molecule has 0 radical (unpaired) electrons. The van der Waals surface area contributed by atoms with Crippen LogP contribution in [0.15, 0.2) is 54.7 Å². The first kappa shape index (κ1) is 27.1. The monoisotopic (exact) mass is 538 g/mol. The van der Waals surface area contributed by atoms with Crippen molar-refractivity contribution >= 4 is 40.8 Å². The Morgan fingerprint density at radius 1 is 1.13 bits per heavy atom. The summed E-state index contributed by atoms with van der Waals surface area (Å²) in [5, 5.41) is 5.07. The molecule has 1 saturated heterocycles. The van der Waals surface area contributed by atoms with Crippen molar-refractivity contribution in [2.45, 2.75) is 25.2 Å². The van der Waals surface area contributed by atoms with Gasteiger partial charge in [-0.2, -0.15) is 0 Å². The van der Waals surface area contributed by atoms with Gasteiger partial charge in [0.05, 0.1) is 35.3 Å². The van der Waals surface area contributed by atoms with Crippen molar-refractivity contribution in [3.63, 3.8) is 0 Å². The van der Waals surface area contributed by atoms with Crippen molar-refractivity contribution in [2.75, 3.05) is 37.5 Å². The molecule has 0 bridgehead atoms. The van der Waals surface area contributed by atoms with E-state index in [-0.39, 0.29) is 33.8 Å². The van der Waals surface area contributed by atoms with Crippen LogP contribution >= 0.6 is 11.6 Å². The summed E-state index contributed by atoms with van der Waals surface area (Å²) in [4.78, 5) is 44.4. The van der Waals surface area contributed by atoms with E-state index in [1.165, 1.54) is 20.2 Å². The summed E-state index contributed by atoms with van der Waals surface area (Å²) < 4.78 is 19.1. The molecular weight excluding hydrogens is 511 g/mol. The molecule has 2 amide bonds. The first-order valence-corrected chi connectivity index (χ1v) is 12.4. The smallest absolute Gasteiger partial charge is 0.356 e. The van der Waals surface area contributed by atoms with E-state index in [1.807, 2.05) is 29.2 Å². The summed E-state index contributed by atoms with van der Waals surface area (Å²) in [5.74, 6) is -2.04. The van der Waals surface area contributed by atoms with Crippen LogP contribution in [0.3, 0.4) is 0 Å². The highest BCUT2D eigenvalue weighted by Gasteiger charge is 2.52. The molecule has 0 unspecified atom stereocenters. The molecule has 3 aromatic rings. The number of rotatable bonds is 7. The molecule has 2 N–H and O–H groups in total. The third-order valence-electron chi connectivity index (χ3n) is 6.74. The average Bonchev–Trinajstić information content (AvgIpc) is 2.89. The molecule has 0 saturated carbocycles. The number of nitrogens with one attached hydrogen (secondary N) is 2. The molecule has 1 aromatic heterocycles. The van der Waals surface area contributed by atoms with E-state index >= 15 is 0 Å². The summed E-state index contributed by atoms with van der Waals surface area (Å²) >= 11 is 5.92. The minimum absolute atomic E-state index is 0.0280. The Kier molecular flexibility index (Phi) is 7.68. The highest BCUT2D eigenvalue weighted by Crippen LogP contribution is 2.42. The van der Waals surface area contributed by atoms with Gasteiger partial charge in [-0.3, -0.25) is 9.59 Å². The predicted octanol–water partition coefficient (Wildman–Crippen LogP) is 4.54. The van der Waals surface area contributed by atoms with Gasteiger partial charge in [-0.15, -0.1) is 0 Å². The van der Waals surface area contributed by atoms with Gasteiger partial charge in [-0.25, -0.2) is 14.2 Å². The number of anilines is 2. The third kappa shape index (κ3) is 4.93. The Hall–Kier alpha value is -3.98. The summed E-state index contributed by atoms with van der Waals surface area (Å²) in [6, 6.07) is 13.3. The fourth-order valence-electron chi connectivity index (χ4n) is 4.67. The van der Waals surface area contributed by atoms with Crippen molar-refractivity contribution < 1.29 is 23.5 Å². The largest absolute Gasteiger partial charge is 0.464 e. The normalized spacial score (nSPS) is 14.0. The molecule has 0 spiro atoms. The zero-order valence-corrected chi connectivity index (χ0v) is 22.2. The van der Waals surface area contributed by atoms with Crippen LogP contribution in [0.2, 0.25) is 5.02 Å². The maximum absolute atomic E-state index is 14.4. The van der Waals surface area contributed by atoms with Crippen LogP contribution < -0.4 is 15.5 Å². The number of carbonyl (C=O) groups excluding carboxylic acids is 3. The fourth-order valence-corrected chi connectivity index (χ4v) is 4.84. The third-order valence-corrected chi connectivity index (χ3v) is 7.03. The number of benzene rings is 2. The van der Waals surface area contributed by atoms with Crippen LogP contribution in [-0.2, 0) is 14.9 Å². The number of methoxy groups -OCH3 is 1. The summed E-state index contributed by atoms with van der Waals surface area (Å²) in [7, 11) is 2.73. The zero-order chi connectivity index (χ0) is 27.6. The van der Waals surface area contributed by atoms with Crippen molar-refractivity contribution in [1.82, 2.24) is 10.3 Å². The average molecular weight is 539 g/mol. The summed E-state index contributed by atoms with van der Waals surface area (Å²) in [6.07, 6.45) is 1.56. The summed E-state index contributed by atoms with van der Waals surface area (Å²) in [6.45, 7) is 4.70. The Labute approximate surface area is 225 Å². The number of hydrogen-bond acceptors (Lipinski definition) is 6. The lowest BCUT2D eigenvalue weighted by molar-refractivity contribution is -0.122. The highest BCUT2D eigenvalue weighted by molar-refractivity contribution is 6.31. The van der Waals surface area contributed by atoms with Crippen LogP contribution in [0.1, 0.15) is 51.7 Å². The summed E-state index contributed by atoms with van der Waals surface area (Å²) in [5.41, 5.74) is 1.84. The van der Waals surface area contributed by atoms with Gasteiger partial charge in [-0.1, -0.05) is 49.7 Å². The molecule has 4 rings (SSSR count). The van der Waals surface area contributed by atoms with Crippen molar-refractivity contribution in [1.29, 1.82) is 0 Å². The van der Waals surface area contributed by atoms with E-state index in [4.69, 9.17) is 16.3 Å². The molecule has 198 valence electrons. The Bertz CT molecular complexity index is 1390. The van der Waals surface area contributed by atoms with Crippen molar-refractivity contribution in [3.8, 4) is 0 Å². The number of aromatic nitrogens is 1. The van der Waals surface area contributed by atoms with Crippen LogP contribution in [0.25, 0.3) is 0 Å². The lowest BCUT2D eigenvalue weighted by Gasteiger charge is -2.51. The van der Waals surface area contributed by atoms with Gasteiger partial charge >= 0.3 is 5.97 Å². The molecule has 2 heterocycles. The molecular formula is C28H28ClFN4O4. The first-order valence-electron chi connectivity index (χ1n) is 12.0. The second-order valence-electron chi connectivity index (χ2n) is 9.42. The van der Waals surface area contributed by atoms with Gasteiger partial charge < -0.3 is 20.3 Å². The van der Waals surface area contributed by atoms with Gasteiger partial charge in [0.2, 0.25) is 5.91 Å². The molecule has 8 nitrogen and oxygen atoms in total. The fraction of sp³-hybridized carbons (Fsp3) is 0.286. The van der Waals surface area contributed by atoms with Gasteiger partial charge in [0.25, 0.3) is 5.91 Å². The van der Waals surface area contributed by atoms with Gasteiger partial charge in [0, 0.05) is 20.1 Å². The second-order valence-corrected chi connectivity index (χ2v) is 9.83. The minimum atomic E-state index is -1.00. The number of nitrogens with zero attached hydrogens (tertiary/aromatic N) is 2. The lowest BCUT2D eigenvalue weighted by atomic mass is 9.69. The predicted molar refractivity (Wildman–Crippen MR) is 143 cm³/mol. The number of hydrogen-bond donors (Lipinski definition) is 2. The topological polar surface area (TPSA) is 101 Å². The molecule has 1 fully saturated rings. The van der Waals surface area contributed by atoms with Gasteiger partial charge in [0.15, 0.2) is 0 Å². The van der Waals surface area contributed by atoms with E-state index < -0.39 is 23.1 Å². The number of halogens is 2. The van der Waals surface area contributed by atoms with Crippen molar-refractivity contribution in [3.05, 3.63) is 88.0 Å². The molecule has 1 aliphatic rings. The van der Waals surface area contributed by atoms with E-state index in [0.29, 0.717) is 13.1 Å². The molecule has 0 aliphatic carbocycles. The molecule has 2 aromatic carbocycles. The Balaban J connectivity index is 1.72. The minimum Gasteiger partial charge on any atom is -0.464 e. The van der Waals surface area contributed by atoms with Gasteiger partial charge in [0.1, 0.15) is 16.9 Å². The van der Waals surface area contributed by atoms with Crippen LogP contribution in [-0.4, -0.2) is 50.0 Å². The van der Waals surface area contributed by atoms with Gasteiger partial charge in [-0.05, 0) is 41.3 Å². The number of pyridine rings is 1. The van der Waals surface area contributed by atoms with E-state index in [1.54, 1.807) is 18.3 Å². The number of amides is 2. The Morgan fingerprint density at radius 2 is 1.84 bits per heavy atom. The van der Waals surface area contributed by atoms with Crippen LogP contribution in [0.5, 0.6) is 0 Å². The van der Waals surface area contributed by atoms with Crippen LogP contribution in [0.4, 0.5) is 15.8 Å². The number of ether oxygens (including phenoxy) is 1. The second kappa shape index (κ2) is 10.8. The first-order chi connectivity index (χ1) is 18.1. The van der Waals surface area contributed by atoms with E-state index in [2.05, 4.69) is 29.5 Å². The Morgan fingerprint density at radius 3 is 2.45 bits per heavy atom. The number of esters is 1. The quantitative estimate of drug-likeness (QED) is 0.428. The zero-order valence-electron chi connectivity index (χ0n) is 21.5. The molecule has 0 atom stereocenters. The number of carbonyl (C=O) groups is 3.